The van der Waals surface area contributed by atoms with E-state index in [-0.39, 0.29) is 24.1 Å². The number of aryl methyl sites for hydroxylation is 2. The second-order valence-electron chi connectivity index (χ2n) is 7.13. The molecule has 1 aliphatic heterocycles. The van der Waals surface area contributed by atoms with Crippen LogP contribution in [0.2, 0.25) is 0 Å². The summed E-state index contributed by atoms with van der Waals surface area (Å²) in [5.41, 5.74) is 3.72. The zero-order chi connectivity index (χ0) is 20.1. The van der Waals surface area contributed by atoms with Gasteiger partial charge in [-0.25, -0.2) is 0 Å². The highest BCUT2D eigenvalue weighted by atomic mass is 16.2. The number of hydrogen-bond donors (Lipinski definition) is 2. The molecule has 146 valence electrons. The minimum absolute atomic E-state index is 0.182. The van der Waals surface area contributed by atoms with Gasteiger partial charge in [-0.15, -0.1) is 0 Å². The van der Waals surface area contributed by atoms with E-state index in [0.29, 0.717) is 25.2 Å². The van der Waals surface area contributed by atoms with Crippen LogP contribution in [0.4, 0.5) is 5.69 Å². The van der Waals surface area contributed by atoms with E-state index in [9.17, 15) is 14.4 Å². The highest BCUT2D eigenvalue weighted by molar-refractivity contribution is 6.05. The summed E-state index contributed by atoms with van der Waals surface area (Å²) in [6, 6.07) is 14.7. The van der Waals surface area contributed by atoms with Crippen LogP contribution in [0.5, 0.6) is 0 Å². The van der Waals surface area contributed by atoms with Gasteiger partial charge in [0, 0.05) is 25.2 Å². The SMILES string of the molecule is Cc1ccc(NC(=O)CC(=O)N2CCNC(=O)[C@H]2Cc2ccccc2)c(C)c1. The van der Waals surface area contributed by atoms with Crippen molar-refractivity contribution in [1.82, 2.24) is 10.2 Å². The predicted molar refractivity (Wildman–Crippen MR) is 108 cm³/mol. The number of carbonyl (C=O) groups is 3. The molecule has 0 aromatic heterocycles. The Morgan fingerprint density at radius 2 is 1.89 bits per heavy atom. The molecule has 1 saturated heterocycles. The Bertz CT molecular complexity index is 880. The van der Waals surface area contributed by atoms with Gasteiger partial charge in [0.2, 0.25) is 17.7 Å². The number of nitrogens with one attached hydrogen (secondary N) is 2. The molecule has 6 nitrogen and oxygen atoms in total. The topological polar surface area (TPSA) is 78.5 Å². The van der Waals surface area contributed by atoms with Crippen molar-refractivity contribution >= 4 is 23.4 Å². The Morgan fingerprint density at radius 1 is 1.14 bits per heavy atom. The van der Waals surface area contributed by atoms with E-state index >= 15 is 0 Å². The van der Waals surface area contributed by atoms with Crippen molar-refractivity contribution < 1.29 is 14.4 Å². The molecule has 0 spiro atoms. The van der Waals surface area contributed by atoms with Gasteiger partial charge < -0.3 is 15.5 Å². The molecule has 0 unspecified atom stereocenters. The average Bonchev–Trinajstić information content (AvgIpc) is 2.66. The molecule has 0 bridgehead atoms. The van der Waals surface area contributed by atoms with Crippen LogP contribution in [0, 0.1) is 13.8 Å². The van der Waals surface area contributed by atoms with Crippen LogP contribution in [0.1, 0.15) is 23.1 Å². The van der Waals surface area contributed by atoms with Crippen LogP contribution >= 0.6 is 0 Å². The Hall–Kier alpha value is -3.15. The van der Waals surface area contributed by atoms with Crippen molar-refractivity contribution in [3.8, 4) is 0 Å². The first-order valence-electron chi connectivity index (χ1n) is 9.42. The molecule has 0 aliphatic carbocycles. The molecule has 6 heteroatoms. The van der Waals surface area contributed by atoms with Crippen molar-refractivity contribution in [2.24, 2.45) is 0 Å². The number of anilines is 1. The Labute approximate surface area is 164 Å². The van der Waals surface area contributed by atoms with Crippen molar-refractivity contribution in [1.29, 1.82) is 0 Å². The van der Waals surface area contributed by atoms with E-state index in [1.165, 1.54) is 4.90 Å². The molecule has 1 fully saturated rings. The quantitative estimate of drug-likeness (QED) is 0.782. The molecule has 1 atom stereocenters. The van der Waals surface area contributed by atoms with E-state index in [2.05, 4.69) is 10.6 Å². The Kier molecular flexibility index (Phi) is 6.09. The van der Waals surface area contributed by atoms with Gasteiger partial charge in [-0.3, -0.25) is 14.4 Å². The lowest BCUT2D eigenvalue weighted by Crippen LogP contribution is -2.58. The van der Waals surface area contributed by atoms with Crippen molar-refractivity contribution in [2.75, 3.05) is 18.4 Å². The molecule has 0 saturated carbocycles. The van der Waals surface area contributed by atoms with Crippen LogP contribution in [-0.2, 0) is 20.8 Å². The molecule has 2 N–H and O–H groups in total. The van der Waals surface area contributed by atoms with Gasteiger partial charge in [-0.1, -0.05) is 48.0 Å². The summed E-state index contributed by atoms with van der Waals surface area (Å²) in [4.78, 5) is 39.0. The lowest BCUT2D eigenvalue weighted by molar-refractivity contribution is -0.144. The van der Waals surface area contributed by atoms with Crippen LogP contribution < -0.4 is 10.6 Å². The molecule has 28 heavy (non-hydrogen) atoms. The second kappa shape index (κ2) is 8.69. The Morgan fingerprint density at radius 3 is 2.61 bits per heavy atom. The molecule has 3 rings (SSSR count). The number of rotatable bonds is 5. The third-order valence-corrected chi connectivity index (χ3v) is 4.89. The summed E-state index contributed by atoms with van der Waals surface area (Å²) in [5.74, 6) is -0.891. The number of piperazine rings is 1. The summed E-state index contributed by atoms with van der Waals surface area (Å²) in [5, 5.41) is 5.61. The molecule has 2 aromatic carbocycles. The maximum atomic E-state index is 12.8. The molecular formula is C22H25N3O3. The lowest BCUT2D eigenvalue weighted by atomic mass is 10.0. The molecule has 1 heterocycles. The molecule has 3 amide bonds. The number of nitrogens with zero attached hydrogens (tertiary/aromatic N) is 1. The highest BCUT2D eigenvalue weighted by Crippen LogP contribution is 2.17. The predicted octanol–water partition coefficient (Wildman–Crippen LogP) is 2.20. The van der Waals surface area contributed by atoms with Crippen LogP contribution in [-0.4, -0.2) is 41.8 Å². The fourth-order valence-corrected chi connectivity index (χ4v) is 3.44. The fourth-order valence-electron chi connectivity index (χ4n) is 3.44. The van der Waals surface area contributed by atoms with Crippen molar-refractivity contribution in [3.05, 3.63) is 65.2 Å². The van der Waals surface area contributed by atoms with Crippen LogP contribution in [0.15, 0.2) is 48.5 Å². The van der Waals surface area contributed by atoms with Gasteiger partial charge in [-0.2, -0.15) is 0 Å². The van der Waals surface area contributed by atoms with E-state index in [4.69, 9.17) is 0 Å². The van der Waals surface area contributed by atoms with E-state index in [1.807, 2.05) is 62.4 Å². The minimum atomic E-state index is -0.599. The summed E-state index contributed by atoms with van der Waals surface area (Å²) < 4.78 is 0. The maximum absolute atomic E-state index is 12.8. The van der Waals surface area contributed by atoms with Gasteiger partial charge >= 0.3 is 0 Å². The fraction of sp³-hybridized carbons (Fsp3) is 0.318. The third kappa shape index (κ3) is 4.76. The third-order valence-electron chi connectivity index (χ3n) is 4.89. The number of amides is 3. The van der Waals surface area contributed by atoms with Gasteiger partial charge in [0.05, 0.1) is 0 Å². The summed E-state index contributed by atoms with van der Waals surface area (Å²) in [6.45, 7) is 4.69. The zero-order valence-corrected chi connectivity index (χ0v) is 16.2. The van der Waals surface area contributed by atoms with E-state index in [0.717, 1.165) is 16.7 Å². The number of hydrogen-bond acceptors (Lipinski definition) is 3. The van der Waals surface area contributed by atoms with E-state index in [1.54, 1.807) is 0 Å². The lowest BCUT2D eigenvalue weighted by Gasteiger charge is -2.35. The van der Waals surface area contributed by atoms with Crippen molar-refractivity contribution in [2.45, 2.75) is 32.7 Å². The molecular weight excluding hydrogens is 354 g/mol. The zero-order valence-electron chi connectivity index (χ0n) is 16.2. The summed E-state index contributed by atoms with van der Waals surface area (Å²) in [6.07, 6.45) is 0.142. The standard InChI is InChI=1S/C22H25N3O3/c1-15-8-9-18(16(2)12-15)24-20(26)14-21(27)25-11-10-23-22(28)19(25)13-17-6-4-3-5-7-17/h3-9,12,19H,10-11,13-14H2,1-2H3,(H,23,28)(H,24,26)/t19-/m1/s1. The van der Waals surface area contributed by atoms with E-state index < -0.39 is 6.04 Å². The van der Waals surface area contributed by atoms with Crippen molar-refractivity contribution in [3.63, 3.8) is 0 Å². The first-order chi connectivity index (χ1) is 13.4. The number of benzene rings is 2. The summed E-state index contributed by atoms with van der Waals surface area (Å²) in [7, 11) is 0. The average molecular weight is 379 g/mol. The Balaban J connectivity index is 1.66. The highest BCUT2D eigenvalue weighted by Gasteiger charge is 2.33. The van der Waals surface area contributed by atoms with Crippen LogP contribution in [0.25, 0.3) is 0 Å². The minimum Gasteiger partial charge on any atom is -0.353 e. The maximum Gasteiger partial charge on any atom is 0.243 e. The van der Waals surface area contributed by atoms with Gasteiger partial charge in [0.15, 0.2) is 0 Å². The molecule has 1 aliphatic rings. The number of carbonyl (C=O) groups excluding carboxylic acids is 3. The normalized spacial score (nSPS) is 16.4. The smallest absolute Gasteiger partial charge is 0.243 e. The molecule has 2 aromatic rings. The molecule has 0 radical (unpaired) electrons. The van der Waals surface area contributed by atoms with Gasteiger partial charge in [0.1, 0.15) is 12.5 Å². The first-order valence-corrected chi connectivity index (χ1v) is 9.42. The van der Waals surface area contributed by atoms with Gasteiger partial charge in [-0.05, 0) is 31.0 Å². The largest absolute Gasteiger partial charge is 0.353 e. The summed E-state index contributed by atoms with van der Waals surface area (Å²) >= 11 is 0. The monoisotopic (exact) mass is 379 g/mol. The van der Waals surface area contributed by atoms with Crippen LogP contribution in [0.3, 0.4) is 0 Å². The van der Waals surface area contributed by atoms with Gasteiger partial charge in [0.25, 0.3) is 0 Å². The second-order valence-corrected chi connectivity index (χ2v) is 7.13. The first kappa shape index (κ1) is 19.6.